The molecule has 3 aliphatic rings. The van der Waals surface area contributed by atoms with Gasteiger partial charge in [-0.3, -0.25) is 0 Å². The first-order chi connectivity index (χ1) is 6.79. The lowest BCUT2D eigenvalue weighted by Gasteiger charge is -2.32. The van der Waals surface area contributed by atoms with Crippen molar-refractivity contribution in [3.63, 3.8) is 0 Å². The molecule has 1 saturated heterocycles. The molecule has 0 aromatic carbocycles. The molecule has 3 heteroatoms. The number of hydrogen-bond acceptors (Lipinski definition) is 3. The van der Waals surface area contributed by atoms with Crippen LogP contribution >= 0.6 is 0 Å². The lowest BCUT2D eigenvalue weighted by molar-refractivity contribution is -0.197. The quantitative estimate of drug-likeness (QED) is 0.594. The molecule has 2 fully saturated rings. The zero-order valence-corrected chi connectivity index (χ0v) is 8.19. The molecule has 14 heavy (non-hydrogen) atoms. The summed E-state index contributed by atoms with van der Waals surface area (Å²) in [4.78, 5) is 0. The minimum Gasteiger partial charge on any atom is -0.386 e. The van der Waals surface area contributed by atoms with Gasteiger partial charge in [-0.05, 0) is 12.8 Å². The number of ether oxygens (including phenoxy) is 2. The molecule has 2 aliphatic carbocycles. The number of fused-ring (bicyclic) bond motifs is 1. The second-order valence-corrected chi connectivity index (χ2v) is 4.51. The molecule has 0 aromatic heterocycles. The van der Waals surface area contributed by atoms with Crippen molar-refractivity contribution >= 4 is 0 Å². The number of aliphatic hydroxyl groups excluding tert-OH is 1. The van der Waals surface area contributed by atoms with Crippen LogP contribution in [0.5, 0.6) is 0 Å². The molecule has 3 rings (SSSR count). The van der Waals surface area contributed by atoms with E-state index in [4.69, 9.17) is 9.47 Å². The van der Waals surface area contributed by atoms with Gasteiger partial charge in [-0.15, -0.1) is 0 Å². The van der Waals surface area contributed by atoms with Gasteiger partial charge in [0, 0.05) is 12.8 Å². The molecule has 1 unspecified atom stereocenters. The van der Waals surface area contributed by atoms with Crippen LogP contribution in [0.15, 0.2) is 12.2 Å². The van der Waals surface area contributed by atoms with Crippen LogP contribution in [-0.2, 0) is 9.47 Å². The highest BCUT2D eigenvalue weighted by Crippen LogP contribution is 2.43. The molecule has 1 heterocycles. The highest BCUT2D eigenvalue weighted by Gasteiger charge is 2.50. The van der Waals surface area contributed by atoms with Crippen molar-refractivity contribution in [2.75, 3.05) is 0 Å². The van der Waals surface area contributed by atoms with Crippen molar-refractivity contribution in [3.05, 3.63) is 12.2 Å². The standard InChI is InChI=1S/C11H16O3/c12-8-4-5-9-10(8)14-11(13-9)6-2-1-3-7-11/h4-5,8-10,12H,1-3,6-7H2/t8?,9-,10+/m1/s1. The van der Waals surface area contributed by atoms with E-state index in [2.05, 4.69) is 0 Å². The summed E-state index contributed by atoms with van der Waals surface area (Å²) in [5.74, 6) is -0.362. The van der Waals surface area contributed by atoms with E-state index in [0.717, 1.165) is 12.8 Å². The summed E-state index contributed by atoms with van der Waals surface area (Å²) >= 11 is 0. The van der Waals surface area contributed by atoms with E-state index >= 15 is 0 Å². The first-order valence-corrected chi connectivity index (χ1v) is 5.51. The second-order valence-electron chi connectivity index (χ2n) is 4.51. The predicted octanol–water partition coefficient (Wildman–Crippen LogP) is 1.36. The second kappa shape index (κ2) is 3.05. The van der Waals surface area contributed by atoms with Crippen molar-refractivity contribution < 1.29 is 14.6 Å². The Labute approximate surface area is 83.7 Å². The van der Waals surface area contributed by atoms with Crippen LogP contribution in [0.4, 0.5) is 0 Å². The van der Waals surface area contributed by atoms with Gasteiger partial charge in [0.2, 0.25) is 0 Å². The van der Waals surface area contributed by atoms with E-state index in [1.807, 2.05) is 6.08 Å². The minimum atomic E-state index is -0.471. The van der Waals surface area contributed by atoms with Crippen LogP contribution in [-0.4, -0.2) is 29.2 Å². The lowest BCUT2D eigenvalue weighted by atomic mass is 9.94. The zero-order chi connectivity index (χ0) is 9.60. The van der Waals surface area contributed by atoms with Crippen molar-refractivity contribution in [2.24, 2.45) is 0 Å². The molecule has 0 radical (unpaired) electrons. The van der Waals surface area contributed by atoms with Crippen LogP contribution in [0.25, 0.3) is 0 Å². The summed E-state index contributed by atoms with van der Waals surface area (Å²) < 4.78 is 11.8. The Morgan fingerprint density at radius 3 is 2.57 bits per heavy atom. The third kappa shape index (κ3) is 1.23. The molecule has 1 spiro atoms. The summed E-state index contributed by atoms with van der Waals surface area (Å²) in [5.41, 5.74) is 0. The van der Waals surface area contributed by atoms with Crippen molar-refractivity contribution in [3.8, 4) is 0 Å². The molecule has 1 saturated carbocycles. The van der Waals surface area contributed by atoms with E-state index < -0.39 is 6.10 Å². The highest BCUT2D eigenvalue weighted by molar-refractivity contribution is 5.13. The Bertz CT molecular complexity index is 255. The molecule has 0 aromatic rings. The van der Waals surface area contributed by atoms with E-state index in [9.17, 15) is 5.11 Å². The van der Waals surface area contributed by atoms with Crippen LogP contribution in [0.1, 0.15) is 32.1 Å². The van der Waals surface area contributed by atoms with Crippen molar-refractivity contribution in [2.45, 2.75) is 56.2 Å². The van der Waals surface area contributed by atoms with Gasteiger partial charge in [-0.25, -0.2) is 0 Å². The molecule has 3 nitrogen and oxygen atoms in total. The van der Waals surface area contributed by atoms with Gasteiger partial charge in [0.25, 0.3) is 0 Å². The maximum Gasteiger partial charge on any atom is 0.169 e. The highest BCUT2D eigenvalue weighted by atomic mass is 16.8. The van der Waals surface area contributed by atoms with Crippen molar-refractivity contribution in [1.82, 2.24) is 0 Å². The Hall–Kier alpha value is -0.380. The average Bonchev–Trinajstić information content (AvgIpc) is 2.68. The normalized spacial score (nSPS) is 44.5. The lowest BCUT2D eigenvalue weighted by Crippen LogP contribution is -2.35. The topological polar surface area (TPSA) is 38.7 Å². The zero-order valence-electron chi connectivity index (χ0n) is 8.19. The molecule has 0 amide bonds. The minimum absolute atomic E-state index is 0.0110. The first kappa shape index (κ1) is 8.89. The monoisotopic (exact) mass is 196 g/mol. The molecule has 3 atom stereocenters. The third-order valence-electron chi connectivity index (χ3n) is 3.48. The van der Waals surface area contributed by atoms with Gasteiger partial charge >= 0.3 is 0 Å². The molecular formula is C11H16O3. The van der Waals surface area contributed by atoms with E-state index in [-0.39, 0.29) is 18.0 Å². The first-order valence-electron chi connectivity index (χ1n) is 5.51. The van der Waals surface area contributed by atoms with E-state index in [1.54, 1.807) is 6.08 Å². The summed E-state index contributed by atoms with van der Waals surface area (Å²) in [5, 5.41) is 9.62. The van der Waals surface area contributed by atoms with Crippen LogP contribution < -0.4 is 0 Å². The van der Waals surface area contributed by atoms with E-state index in [0.29, 0.717) is 0 Å². The molecule has 1 aliphatic heterocycles. The summed E-state index contributed by atoms with van der Waals surface area (Å²) in [6.07, 6.45) is 8.68. The van der Waals surface area contributed by atoms with E-state index in [1.165, 1.54) is 19.3 Å². The molecule has 1 N–H and O–H groups in total. The van der Waals surface area contributed by atoms with Crippen molar-refractivity contribution in [1.29, 1.82) is 0 Å². The fraction of sp³-hybridized carbons (Fsp3) is 0.818. The number of hydrogen-bond donors (Lipinski definition) is 1. The Kier molecular flexibility index (Phi) is 1.94. The largest absolute Gasteiger partial charge is 0.386 e. The number of aliphatic hydroxyl groups is 1. The number of rotatable bonds is 0. The molecular weight excluding hydrogens is 180 g/mol. The maximum absolute atomic E-state index is 9.62. The smallest absolute Gasteiger partial charge is 0.169 e. The van der Waals surface area contributed by atoms with Crippen LogP contribution in [0.2, 0.25) is 0 Å². The SMILES string of the molecule is OC1C=C[C@H]2OC3(CCCCC3)O[C@@H]12. The summed E-state index contributed by atoms with van der Waals surface area (Å²) in [6, 6.07) is 0. The predicted molar refractivity (Wildman–Crippen MR) is 50.7 cm³/mol. The van der Waals surface area contributed by atoms with Gasteiger partial charge in [-0.1, -0.05) is 18.6 Å². The van der Waals surface area contributed by atoms with Gasteiger partial charge in [0.15, 0.2) is 5.79 Å². The van der Waals surface area contributed by atoms with Gasteiger partial charge < -0.3 is 14.6 Å². The summed E-state index contributed by atoms with van der Waals surface area (Å²) in [7, 11) is 0. The van der Waals surface area contributed by atoms with Gasteiger partial charge in [0.05, 0.1) is 0 Å². The average molecular weight is 196 g/mol. The Morgan fingerprint density at radius 1 is 1.07 bits per heavy atom. The van der Waals surface area contributed by atoms with Crippen LogP contribution in [0, 0.1) is 0 Å². The van der Waals surface area contributed by atoms with Gasteiger partial charge in [-0.2, -0.15) is 0 Å². The third-order valence-corrected chi connectivity index (χ3v) is 3.48. The Balaban J connectivity index is 1.77. The van der Waals surface area contributed by atoms with Crippen LogP contribution in [0.3, 0.4) is 0 Å². The fourth-order valence-electron chi connectivity index (χ4n) is 2.73. The fourth-order valence-corrected chi connectivity index (χ4v) is 2.73. The molecule has 78 valence electrons. The summed E-state index contributed by atoms with van der Waals surface area (Å²) in [6.45, 7) is 0. The Morgan fingerprint density at radius 2 is 1.86 bits per heavy atom. The van der Waals surface area contributed by atoms with Gasteiger partial charge in [0.1, 0.15) is 18.3 Å². The molecule has 0 bridgehead atoms. The maximum atomic E-state index is 9.62.